The number of unbranched alkanes of at least 4 members (excludes halogenated alkanes) is 1. The molecule has 0 N–H and O–H groups in total. The second-order valence-electron chi connectivity index (χ2n) is 2.13. The van der Waals surface area contributed by atoms with Crippen molar-refractivity contribution in [3.63, 3.8) is 0 Å². The van der Waals surface area contributed by atoms with Crippen molar-refractivity contribution in [1.82, 2.24) is 0 Å². The molecule has 0 saturated heterocycles. The molecule has 0 heterocycles. The van der Waals surface area contributed by atoms with Crippen LogP contribution in [0.5, 0.6) is 0 Å². The van der Waals surface area contributed by atoms with E-state index in [2.05, 4.69) is 20.3 Å². The van der Waals surface area contributed by atoms with Crippen LogP contribution in [0.25, 0.3) is 0 Å². The van der Waals surface area contributed by atoms with Crippen LogP contribution in [-0.4, -0.2) is 18.9 Å². The standard InChI is InChI=1S/C6H6S.C4H9.Cu.Li/c7-6-4-2-1-3-5-6;1-3-4-2;;/h1-5,7H;3H,4H2,1-2H3;;/q;-1;+2;/p-1. The van der Waals surface area contributed by atoms with E-state index < -0.39 is 0 Å². The molecule has 0 saturated carbocycles. The Hall–Kier alpha value is 0.557. The fourth-order valence-corrected chi connectivity index (χ4v) is 0.578. The summed E-state index contributed by atoms with van der Waals surface area (Å²) in [5, 5.41) is 0. The van der Waals surface area contributed by atoms with Crippen LogP contribution in [0.1, 0.15) is 20.3 Å². The molecule has 1 aromatic carbocycles. The predicted octanol–water partition coefficient (Wildman–Crippen LogP) is 2.83. The van der Waals surface area contributed by atoms with Gasteiger partial charge in [0.15, 0.2) is 0 Å². The van der Waals surface area contributed by atoms with E-state index in [-0.39, 0.29) is 35.9 Å². The Kier molecular flexibility index (Phi) is 22.2. The van der Waals surface area contributed by atoms with Gasteiger partial charge in [-0.05, 0) is 0 Å². The summed E-state index contributed by atoms with van der Waals surface area (Å²) in [6.07, 6.45) is 3.32. The van der Waals surface area contributed by atoms with E-state index >= 15 is 0 Å². The maximum absolute atomic E-state index is 4.81. The maximum Gasteiger partial charge on any atom is 2.00 e. The Morgan fingerprint density at radius 1 is 1.23 bits per heavy atom. The van der Waals surface area contributed by atoms with Gasteiger partial charge in [0, 0.05) is 18.9 Å². The van der Waals surface area contributed by atoms with Crippen LogP contribution < -0.4 is 0 Å². The van der Waals surface area contributed by atoms with Crippen molar-refractivity contribution in [2.24, 2.45) is 0 Å². The largest absolute Gasteiger partial charge is 2.00 e. The summed E-state index contributed by atoms with van der Waals surface area (Å²) in [7, 11) is 0. The van der Waals surface area contributed by atoms with E-state index in [0.717, 1.165) is 4.90 Å². The van der Waals surface area contributed by atoms with E-state index in [9.17, 15) is 0 Å². The van der Waals surface area contributed by atoms with Crippen molar-refractivity contribution >= 4 is 31.5 Å². The zero-order valence-electron chi connectivity index (χ0n) is 8.38. The molecule has 0 aliphatic carbocycles. The number of rotatable bonds is 1. The fraction of sp³-hybridized carbons (Fsp3) is 0.300. The summed E-state index contributed by atoms with van der Waals surface area (Å²) >= 11 is 4.81. The quantitative estimate of drug-likeness (QED) is 0.411. The second kappa shape index (κ2) is 15.0. The number of benzene rings is 1. The molecule has 0 spiro atoms. The molecular formula is C10H14CuLiS. The Balaban J connectivity index is -0.000000150. The molecule has 0 aromatic heterocycles. The summed E-state index contributed by atoms with van der Waals surface area (Å²) in [4.78, 5) is 0.905. The van der Waals surface area contributed by atoms with Crippen LogP contribution >= 0.6 is 0 Å². The van der Waals surface area contributed by atoms with Gasteiger partial charge in [-0.15, -0.1) is 0 Å². The molecule has 0 aliphatic rings. The van der Waals surface area contributed by atoms with Crippen LogP contribution in [0.2, 0.25) is 0 Å². The van der Waals surface area contributed by atoms with Gasteiger partial charge in [0.25, 0.3) is 0 Å². The van der Waals surface area contributed by atoms with Crippen molar-refractivity contribution in [1.29, 1.82) is 0 Å². The summed E-state index contributed by atoms with van der Waals surface area (Å²) in [6.45, 7) is 4.18. The molecule has 0 fully saturated rings. The number of hydrogen-bond donors (Lipinski definition) is 0. The van der Waals surface area contributed by atoms with Gasteiger partial charge >= 0.3 is 17.1 Å². The van der Waals surface area contributed by atoms with Gasteiger partial charge in [-0.2, -0.15) is 18.2 Å². The van der Waals surface area contributed by atoms with Crippen molar-refractivity contribution in [2.45, 2.75) is 25.2 Å². The molecule has 0 bridgehead atoms. The average molecular weight is 237 g/mol. The molecule has 0 amide bonds. The van der Waals surface area contributed by atoms with Gasteiger partial charge in [0.1, 0.15) is 0 Å². The topological polar surface area (TPSA) is 0 Å². The molecule has 1 rings (SSSR count). The Morgan fingerprint density at radius 3 is 1.77 bits per heavy atom. The molecule has 0 nitrogen and oxygen atoms in total. The monoisotopic (exact) mass is 236 g/mol. The van der Waals surface area contributed by atoms with E-state index in [4.69, 9.17) is 12.6 Å². The van der Waals surface area contributed by atoms with Gasteiger partial charge in [-0.1, -0.05) is 37.3 Å². The van der Waals surface area contributed by atoms with E-state index in [1.54, 1.807) is 0 Å². The van der Waals surface area contributed by atoms with Crippen LogP contribution in [0.3, 0.4) is 0 Å². The summed E-state index contributed by atoms with van der Waals surface area (Å²) in [5.74, 6) is 0. The first-order valence-corrected chi connectivity index (χ1v) is 4.22. The molecule has 2 radical (unpaired) electrons. The third kappa shape index (κ3) is 15.3. The molecule has 1 aromatic rings. The molecule has 0 unspecified atom stereocenters. The first-order valence-electron chi connectivity index (χ1n) is 3.81. The van der Waals surface area contributed by atoms with Crippen molar-refractivity contribution in [2.75, 3.05) is 0 Å². The Morgan fingerprint density at radius 2 is 1.62 bits per heavy atom. The fourth-order valence-electron chi connectivity index (χ4n) is 0.420. The molecule has 72 valence electrons. The van der Waals surface area contributed by atoms with Crippen LogP contribution in [0.15, 0.2) is 35.2 Å². The molecule has 0 atom stereocenters. The summed E-state index contributed by atoms with van der Waals surface area (Å²) in [6, 6.07) is 9.62. The van der Waals surface area contributed by atoms with Gasteiger partial charge in [-0.3, -0.25) is 0 Å². The maximum atomic E-state index is 4.81. The van der Waals surface area contributed by atoms with Gasteiger partial charge < -0.3 is 19.0 Å². The SMILES string of the molecule is C[CH-]CC.[Cu+2].[Li].[S-]c1ccccc1. The third-order valence-corrected chi connectivity index (χ3v) is 1.42. The Labute approximate surface area is 110 Å². The minimum absolute atomic E-state index is 0. The predicted molar refractivity (Wildman–Crippen MR) is 58.1 cm³/mol. The normalized spacial score (nSPS) is 6.92. The first kappa shape index (κ1) is 19.2. The summed E-state index contributed by atoms with van der Waals surface area (Å²) in [5.41, 5.74) is 0. The van der Waals surface area contributed by atoms with Gasteiger partial charge in [-0.25, -0.2) is 0 Å². The van der Waals surface area contributed by atoms with Gasteiger partial charge in [0.2, 0.25) is 0 Å². The zero-order valence-corrected chi connectivity index (χ0v) is 10.1. The van der Waals surface area contributed by atoms with Crippen LogP contribution in [0, 0.1) is 6.42 Å². The molecule has 0 aliphatic heterocycles. The zero-order chi connectivity index (χ0) is 8.53. The second-order valence-corrected chi connectivity index (χ2v) is 2.60. The minimum atomic E-state index is 0. The molecular weight excluding hydrogens is 223 g/mol. The first-order chi connectivity index (χ1) is 5.31. The average Bonchev–Trinajstić information content (AvgIpc) is 2.07. The minimum Gasteiger partial charge on any atom is -0.780 e. The van der Waals surface area contributed by atoms with E-state index in [1.807, 2.05) is 30.3 Å². The van der Waals surface area contributed by atoms with Crippen molar-refractivity contribution in [3.8, 4) is 0 Å². The molecule has 13 heavy (non-hydrogen) atoms. The Bertz CT molecular complexity index is 166. The van der Waals surface area contributed by atoms with Crippen LogP contribution in [0.4, 0.5) is 0 Å². The molecule has 3 heteroatoms. The van der Waals surface area contributed by atoms with Crippen LogP contribution in [-0.2, 0) is 29.7 Å². The van der Waals surface area contributed by atoms with Crippen molar-refractivity contribution < 1.29 is 17.1 Å². The van der Waals surface area contributed by atoms with E-state index in [1.165, 1.54) is 6.42 Å². The van der Waals surface area contributed by atoms with Crippen molar-refractivity contribution in [3.05, 3.63) is 36.8 Å². The smallest absolute Gasteiger partial charge is 0.780 e. The third-order valence-electron chi connectivity index (χ3n) is 1.15. The van der Waals surface area contributed by atoms with E-state index in [0.29, 0.717) is 0 Å². The van der Waals surface area contributed by atoms with Gasteiger partial charge in [0.05, 0.1) is 0 Å². The summed E-state index contributed by atoms with van der Waals surface area (Å²) < 4.78 is 0. The number of hydrogen-bond acceptors (Lipinski definition) is 1.